The molecular weight excluding hydrogens is 360 g/mol. The molecule has 0 radical (unpaired) electrons. The number of nitrogens with one attached hydrogen (secondary N) is 1. The van der Waals surface area contributed by atoms with Crippen molar-refractivity contribution in [2.45, 2.75) is 33.4 Å². The highest BCUT2D eigenvalue weighted by atomic mass is 15.3. The molecule has 0 saturated heterocycles. The molecule has 0 unspecified atom stereocenters. The first-order chi connectivity index (χ1) is 14.2. The number of hydrogen-bond acceptors (Lipinski definition) is 4. The van der Waals surface area contributed by atoms with E-state index >= 15 is 0 Å². The lowest BCUT2D eigenvalue weighted by Crippen LogP contribution is -2.17. The number of nitrogens with zero attached hydrogens (tertiary/aromatic N) is 5. The van der Waals surface area contributed by atoms with Crippen molar-refractivity contribution >= 4 is 0 Å². The van der Waals surface area contributed by atoms with Crippen LogP contribution in [0.2, 0.25) is 0 Å². The fraction of sp³-hybridized carbons (Fsp3) is 0.261. The van der Waals surface area contributed by atoms with Crippen LogP contribution in [0, 0.1) is 13.8 Å². The maximum atomic E-state index is 4.83. The highest BCUT2D eigenvalue weighted by Crippen LogP contribution is 2.23. The van der Waals surface area contributed by atoms with Gasteiger partial charge < -0.3 is 5.32 Å². The molecule has 0 fully saturated rings. The lowest BCUT2D eigenvalue weighted by molar-refractivity contribution is 0.532. The van der Waals surface area contributed by atoms with Crippen molar-refractivity contribution in [3.63, 3.8) is 0 Å². The Bertz CT molecular complexity index is 1050. The van der Waals surface area contributed by atoms with E-state index in [0.717, 1.165) is 54.3 Å². The van der Waals surface area contributed by atoms with Crippen LogP contribution in [-0.4, -0.2) is 31.1 Å². The summed E-state index contributed by atoms with van der Waals surface area (Å²) in [4.78, 5) is 4.26. The standard InChI is InChI=1S/C23H26N6/c1-18-14-19(2)28(26-18)13-7-12-25-16-21-17-29(22-9-4-3-5-10-22)27-23(21)20-8-6-11-24-15-20/h3-6,8-11,14-15,17,25H,7,12-13,16H2,1-2H3. The summed E-state index contributed by atoms with van der Waals surface area (Å²) in [5.74, 6) is 0. The van der Waals surface area contributed by atoms with Crippen molar-refractivity contribution in [1.29, 1.82) is 0 Å². The molecule has 0 atom stereocenters. The number of hydrogen-bond donors (Lipinski definition) is 1. The predicted octanol–water partition coefficient (Wildman–Crippen LogP) is 3.93. The van der Waals surface area contributed by atoms with Crippen LogP contribution in [0.5, 0.6) is 0 Å². The third-order valence-electron chi connectivity index (χ3n) is 4.89. The van der Waals surface area contributed by atoms with Crippen LogP contribution in [0.1, 0.15) is 23.4 Å². The number of benzene rings is 1. The first-order valence-electron chi connectivity index (χ1n) is 9.97. The van der Waals surface area contributed by atoms with Gasteiger partial charge in [0.1, 0.15) is 0 Å². The summed E-state index contributed by atoms with van der Waals surface area (Å²) in [6, 6.07) is 16.3. The van der Waals surface area contributed by atoms with E-state index in [4.69, 9.17) is 5.10 Å². The smallest absolute Gasteiger partial charge is 0.0988 e. The van der Waals surface area contributed by atoms with Gasteiger partial charge in [-0.1, -0.05) is 18.2 Å². The summed E-state index contributed by atoms with van der Waals surface area (Å²) in [6.45, 7) is 6.73. The van der Waals surface area contributed by atoms with Crippen molar-refractivity contribution in [2.24, 2.45) is 0 Å². The second kappa shape index (κ2) is 8.84. The maximum absolute atomic E-state index is 4.83. The number of pyridine rings is 1. The van der Waals surface area contributed by atoms with Crippen LogP contribution in [0.4, 0.5) is 0 Å². The third-order valence-corrected chi connectivity index (χ3v) is 4.89. The van der Waals surface area contributed by atoms with Gasteiger partial charge in [-0.2, -0.15) is 10.2 Å². The Hall–Kier alpha value is -3.25. The largest absolute Gasteiger partial charge is 0.312 e. The number of para-hydroxylation sites is 1. The summed E-state index contributed by atoms with van der Waals surface area (Å²) in [5, 5.41) is 12.9. The van der Waals surface area contributed by atoms with Gasteiger partial charge in [0.25, 0.3) is 0 Å². The van der Waals surface area contributed by atoms with E-state index in [1.165, 1.54) is 5.69 Å². The van der Waals surface area contributed by atoms with Gasteiger partial charge in [0.15, 0.2) is 0 Å². The summed E-state index contributed by atoms with van der Waals surface area (Å²) in [7, 11) is 0. The van der Waals surface area contributed by atoms with Crippen molar-refractivity contribution in [3.05, 3.63) is 84.1 Å². The molecule has 0 aliphatic rings. The molecule has 0 aliphatic carbocycles. The molecule has 4 rings (SSSR count). The molecule has 1 N–H and O–H groups in total. The van der Waals surface area contributed by atoms with Gasteiger partial charge in [-0.3, -0.25) is 9.67 Å². The molecular formula is C23H26N6. The minimum absolute atomic E-state index is 0.758. The highest BCUT2D eigenvalue weighted by molar-refractivity contribution is 5.62. The summed E-state index contributed by atoms with van der Waals surface area (Å²) < 4.78 is 4.01. The summed E-state index contributed by atoms with van der Waals surface area (Å²) in [5.41, 5.74) is 6.49. The van der Waals surface area contributed by atoms with Gasteiger partial charge in [-0.15, -0.1) is 0 Å². The van der Waals surface area contributed by atoms with E-state index in [1.54, 1.807) is 6.20 Å². The van der Waals surface area contributed by atoms with Gasteiger partial charge in [-0.05, 0) is 57.1 Å². The van der Waals surface area contributed by atoms with E-state index in [0.29, 0.717) is 0 Å². The van der Waals surface area contributed by atoms with Crippen LogP contribution >= 0.6 is 0 Å². The number of rotatable bonds is 8. The predicted molar refractivity (Wildman–Crippen MR) is 115 cm³/mol. The minimum Gasteiger partial charge on any atom is -0.312 e. The number of aromatic nitrogens is 5. The van der Waals surface area contributed by atoms with Crippen molar-refractivity contribution in [3.8, 4) is 16.9 Å². The van der Waals surface area contributed by atoms with Gasteiger partial charge in [-0.25, -0.2) is 4.68 Å². The summed E-state index contributed by atoms with van der Waals surface area (Å²) >= 11 is 0. The Morgan fingerprint density at radius 3 is 2.59 bits per heavy atom. The highest BCUT2D eigenvalue weighted by Gasteiger charge is 2.12. The van der Waals surface area contributed by atoms with Crippen LogP contribution in [0.25, 0.3) is 16.9 Å². The monoisotopic (exact) mass is 386 g/mol. The molecule has 29 heavy (non-hydrogen) atoms. The molecule has 0 amide bonds. The minimum atomic E-state index is 0.758. The first kappa shape index (κ1) is 19.1. The second-order valence-corrected chi connectivity index (χ2v) is 7.21. The lowest BCUT2D eigenvalue weighted by Gasteiger charge is -2.07. The van der Waals surface area contributed by atoms with E-state index in [9.17, 15) is 0 Å². The van der Waals surface area contributed by atoms with Crippen LogP contribution in [0.15, 0.2) is 67.1 Å². The van der Waals surface area contributed by atoms with Crippen molar-refractivity contribution in [2.75, 3.05) is 6.54 Å². The zero-order valence-electron chi connectivity index (χ0n) is 16.9. The second-order valence-electron chi connectivity index (χ2n) is 7.21. The molecule has 3 aromatic heterocycles. The van der Waals surface area contributed by atoms with Crippen molar-refractivity contribution < 1.29 is 0 Å². The number of aryl methyl sites for hydroxylation is 3. The van der Waals surface area contributed by atoms with Crippen LogP contribution < -0.4 is 5.32 Å². The van der Waals surface area contributed by atoms with Crippen molar-refractivity contribution in [1.82, 2.24) is 29.9 Å². The Balaban J connectivity index is 1.44. The maximum Gasteiger partial charge on any atom is 0.0988 e. The van der Waals surface area contributed by atoms with Gasteiger partial charge in [0, 0.05) is 48.5 Å². The quantitative estimate of drug-likeness (QED) is 0.466. The van der Waals surface area contributed by atoms with Gasteiger partial charge >= 0.3 is 0 Å². The van der Waals surface area contributed by atoms with Gasteiger partial charge in [0.2, 0.25) is 0 Å². The third kappa shape index (κ3) is 4.60. The topological polar surface area (TPSA) is 60.6 Å². The zero-order valence-corrected chi connectivity index (χ0v) is 16.9. The SMILES string of the molecule is Cc1cc(C)n(CCCNCc2cn(-c3ccccc3)nc2-c2cccnc2)n1. The molecule has 0 spiro atoms. The molecule has 0 aliphatic heterocycles. The summed E-state index contributed by atoms with van der Waals surface area (Å²) in [6.07, 6.45) is 6.78. The van der Waals surface area contributed by atoms with E-state index in [-0.39, 0.29) is 0 Å². The Kier molecular flexibility index (Phi) is 5.81. The van der Waals surface area contributed by atoms with Crippen LogP contribution in [-0.2, 0) is 13.1 Å². The average Bonchev–Trinajstić information content (AvgIpc) is 3.32. The normalized spacial score (nSPS) is 11.1. The molecule has 0 saturated carbocycles. The fourth-order valence-corrected chi connectivity index (χ4v) is 3.48. The average molecular weight is 387 g/mol. The molecule has 3 heterocycles. The zero-order chi connectivity index (χ0) is 20.1. The molecule has 0 bridgehead atoms. The van der Waals surface area contributed by atoms with E-state index in [2.05, 4.69) is 57.5 Å². The first-order valence-corrected chi connectivity index (χ1v) is 9.97. The molecule has 1 aromatic carbocycles. The molecule has 6 heteroatoms. The lowest BCUT2D eigenvalue weighted by atomic mass is 10.1. The Labute approximate surface area is 171 Å². The Morgan fingerprint density at radius 1 is 1.00 bits per heavy atom. The fourth-order valence-electron chi connectivity index (χ4n) is 3.48. The Morgan fingerprint density at radius 2 is 1.86 bits per heavy atom. The van der Waals surface area contributed by atoms with E-state index < -0.39 is 0 Å². The molecule has 148 valence electrons. The molecule has 6 nitrogen and oxygen atoms in total. The van der Waals surface area contributed by atoms with Gasteiger partial charge in [0.05, 0.1) is 17.1 Å². The van der Waals surface area contributed by atoms with E-state index in [1.807, 2.05) is 42.1 Å². The molecule has 4 aromatic rings. The van der Waals surface area contributed by atoms with Crippen LogP contribution in [0.3, 0.4) is 0 Å².